The Morgan fingerprint density at radius 1 is 1.12 bits per heavy atom. The lowest BCUT2D eigenvalue weighted by Crippen LogP contribution is -2.32. The smallest absolute Gasteiger partial charge is 0.243 e. The minimum atomic E-state index is -3.68. The van der Waals surface area contributed by atoms with E-state index in [1.807, 2.05) is 25.1 Å². The van der Waals surface area contributed by atoms with Crippen LogP contribution in [0.3, 0.4) is 0 Å². The Morgan fingerprint density at radius 2 is 1.91 bits per heavy atom. The molecule has 8 heteroatoms. The molecule has 3 heterocycles. The Morgan fingerprint density at radius 3 is 2.65 bits per heavy atom. The maximum absolute atomic E-state index is 14.3. The molecule has 34 heavy (non-hydrogen) atoms. The van der Waals surface area contributed by atoms with Crippen LogP contribution in [-0.2, 0) is 23.0 Å². The molecule has 0 N–H and O–H groups in total. The molecule has 1 aliphatic heterocycles. The summed E-state index contributed by atoms with van der Waals surface area (Å²) in [5.74, 6) is -0.0834. The maximum Gasteiger partial charge on any atom is 0.243 e. The van der Waals surface area contributed by atoms with Crippen molar-refractivity contribution in [2.75, 3.05) is 6.54 Å². The van der Waals surface area contributed by atoms with E-state index in [1.165, 1.54) is 6.07 Å². The highest BCUT2D eigenvalue weighted by molar-refractivity contribution is 7.89. The topological polar surface area (TPSA) is 55.2 Å². The molecular formula is C26H23ClFN3O2S. The number of aryl methyl sites for hydroxylation is 1. The summed E-state index contributed by atoms with van der Waals surface area (Å²) in [4.78, 5) is 4.51. The van der Waals surface area contributed by atoms with Crippen LogP contribution in [0, 0.1) is 18.7 Å². The highest BCUT2D eigenvalue weighted by Gasteiger charge is 2.47. The fourth-order valence-electron chi connectivity index (χ4n) is 5.55. The van der Waals surface area contributed by atoms with E-state index in [0.717, 1.165) is 46.1 Å². The van der Waals surface area contributed by atoms with Gasteiger partial charge in [-0.25, -0.2) is 17.8 Å². The van der Waals surface area contributed by atoms with Crippen molar-refractivity contribution < 1.29 is 12.8 Å². The molecule has 1 fully saturated rings. The first-order valence-corrected chi connectivity index (χ1v) is 13.1. The molecule has 1 saturated heterocycles. The average molecular weight is 496 g/mol. The van der Waals surface area contributed by atoms with Crippen molar-refractivity contribution in [2.24, 2.45) is 5.92 Å². The third-order valence-electron chi connectivity index (χ3n) is 7.08. The third kappa shape index (κ3) is 3.45. The largest absolute Gasteiger partial charge is 0.338 e. The van der Waals surface area contributed by atoms with Crippen molar-refractivity contribution in [3.8, 4) is 0 Å². The predicted molar refractivity (Wildman–Crippen MR) is 130 cm³/mol. The van der Waals surface area contributed by atoms with Gasteiger partial charge in [0.15, 0.2) is 0 Å². The minimum Gasteiger partial charge on any atom is -0.338 e. The number of halogens is 2. The van der Waals surface area contributed by atoms with E-state index in [0.29, 0.717) is 23.1 Å². The van der Waals surface area contributed by atoms with Crippen LogP contribution in [0.1, 0.15) is 34.8 Å². The van der Waals surface area contributed by atoms with E-state index in [2.05, 4.69) is 9.55 Å². The first-order chi connectivity index (χ1) is 16.3. The molecule has 0 spiro atoms. The molecule has 0 unspecified atom stereocenters. The molecule has 2 aliphatic rings. The summed E-state index contributed by atoms with van der Waals surface area (Å²) in [6.07, 6.45) is 3.22. The fourth-order valence-corrected chi connectivity index (χ4v) is 7.34. The van der Waals surface area contributed by atoms with Gasteiger partial charge in [-0.05, 0) is 73.2 Å². The van der Waals surface area contributed by atoms with Crippen molar-refractivity contribution in [1.82, 2.24) is 13.9 Å². The van der Waals surface area contributed by atoms with Crippen LogP contribution in [0.4, 0.5) is 4.39 Å². The van der Waals surface area contributed by atoms with Crippen LogP contribution in [0.2, 0.25) is 5.15 Å². The highest BCUT2D eigenvalue weighted by atomic mass is 35.5. The number of pyridine rings is 1. The first-order valence-electron chi connectivity index (χ1n) is 11.3. The molecule has 174 valence electrons. The van der Waals surface area contributed by atoms with Crippen molar-refractivity contribution in [3.05, 3.63) is 94.1 Å². The van der Waals surface area contributed by atoms with Gasteiger partial charge < -0.3 is 4.57 Å². The Bertz CT molecular complexity index is 1510. The molecule has 0 amide bonds. The monoisotopic (exact) mass is 495 g/mol. The van der Waals surface area contributed by atoms with Gasteiger partial charge in [0.05, 0.1) is 10.9 Å². The molecule has 0 radical (unpaired) electrons. The van der Waals surface area contributed by atoms with Crippen molar-refractivity contribution in [1.29, 1.82) is 0 Å². The molecule has 2 aromatic heterocycles. The number of benzene rings is 2. The molecule has 1 aliphatic carbocycles. The molecular weight excluding hydrogens is 473 g/mol. The van der Waals surface area contributed by atoms with Gasteiger partial charge in [-0.15, -0.1) is 0 Å². The lowest BCUT2D eigenvalue weighted by atomic mass is 9.87. The molecule has 2 atom stereocenters. The van der Waals surface area contributed by atoms with Gasteiger partial charge in [-0.1, -0.05) is 35.4 Å². The van der Waals surface area contributed by atoms with Crippen LogP contribution >= 0.6 is 11.6 Å². The molecule has 5 nitrogen and oxygen atoms in total. The van der Waals surface area contributed by atoms with Crippen LogP contribution in [0.25, 0.3) is 10.9 Å². The quantitative estimate of drug-likeness (QED) is 0.352. The third-order valence-corrected chi connectivity index (χ3v) is 9.19. The van der Waals surface area contributed by atoms with E-state index in [-0.39, 0.29) is 17.8 Å². The van der Waals surface area contributed by atoms with Gasteiger partial charge in [0.2, 0.25) is 10.0 Å². The van der Waals surface area contributed by atoms with Gasteiger partial charge in [-0.3, -0.25) is 0 Å². The zero-order valence-electron chi connectivity index (χ0n) is 18.6. The standard InChI is InChI=1S/C26H23ClFN3O2S/c1-16-2-6-20(7-3-16)34(32,33)31-15-18-10-22-21-12-19(28)5-8-23(21)30(26(22)24(31)11-18)14-17-4-9-25(27)29-13-17/h2-9,12-13,18,24H,10-11,14-15H2,1H3/t18-,24+/m1/s1. The number of sulfonamides is 1. The van der Waals surface area contributed by atoms with Gasteiger partial charge in [0.1, 0.15) is 11.0 Å². The van der Waals surface area contributed by atoms with Gasteiger partial charge >= 0.3 is 0 Å². The van der Waals surface area contributed by atoms with E-state index < -0.39 is 10.0 Å². The molecule has 0 saturated carbocycles. The molecule has 6 rings (SSSR count). The lowest BCUT2D eigenvalue weighted by molar-refractivity contribution is 0.383. The predicted octanol–water partition coefficient (Wildman–Crippen LogP) is 5.49. The summed E-state index contributed by atoms with van der Waals surface area (Å²) < 4.78 is 45.5. The summed E-state index contributed by atoms with van der Waals surface area (Å²) in [7, 11) is -3.68. The second kappa shape index (κ2) is 7.90. The van der Waals surface area contributed by atoms with Crippen molar-refractivity contribution in [3.63, 3.8) is 0 Å². The number of aromatic nitrogens is 2. The Labute approximate surface area is 202 Å². The number of hydrogen-bond acceptors (Lipinski definition) is 3. The van der Waals surface area contributed by atoms with Gasteiger partial charge in [0.25, 0.3) is 0 Å². The molecule has 2 aromatic carbocycles. The number of nitrogens with zero attached hydrogens (tertiary/aromatic N) is 3. The van der Waals surface area contributed by atoms with E-state index in [1.54, 1.807) is 40.8 Å². The Balaban J connectivity index is 1.51. The van der Waals surface area contributed by atoms with E-state index in [9.17, 15) is 12.8 Å². The first kappa shape index (κ1) is 21.8. The van der Waals surface area contributed by atoms with Gasteiger partial charge in [0, 0.05) is 35.9 Å². The zero-order chi connectivity index (χ0) is 23.6. The summed E-state index contributed by atoms with van der Waals surface area (Å²) in [6, 6.07) is 15.2. The molecule has 2 bridgehead atoms. The van der Waals surface area contributed by atoms with Crippen LogP contribution in [0.15, 0.2) is 65.7 Å². The van der Waals surface area contributed by atoms with E-state index >= 15 is 0 Å². The van der Waals surface area contributed by atoms with Crippen molar-refractivity contribution in [2.45, 2.75) is 37.2 Å². The average Bonchev–Trinajstić information content (AvgIpc) is 3.31. The van der Waals surface area contributed by atoms with Gasteiger partial charge in [-0.2, -0.15) is 4.31 Å². The second-order valence-corrected chi connectivity index (χ2v) is 11.6. The van der Waals surface area contributed by atoms with Crippen LogP contribution in [0.5, 0.6) is 0 Å². The Hall–Kier alpha value is -2.74. The summed E-state index contributed by atoms with van der Waals surface area (Å²) in [5.41, 5.74) is 4.88. The van der Waals surface area contributed by atoms with Crippen LogP contribution < -0.4 is 0 Å². The number of fused-ring (bicyclic) bond motifs is 6. The lowest BCUT2D eigenvalue weighted by Gasteiger charge is -2.27. The second-order valence-electron chi connectivity index (χ2n) is 9.31. The zero-order valence-corrected chi connectivity index (χ0v) is 20.2. The Kier molecular flexibility index (Phi) is 5.06. The number of rotatable bonds is 4. The highest BCUT2D eigenvalue weighted by Crippen LogP contribution is 2.49. The summed E-state index contributed by atoms with van der Waals surface area (Å²) in [5, 5.41) is 1.28. The molecule has 4 aromatic rings. The maximum atomic E-state index is 14.3. The fraction of sp³-hybridized carbons (Fsp3) is 0.269. The van der Waals surface area contributed by atoms with Crippen LogP contribution in [-0.4, -0.2) is 28.8 Å². The van der Waals surface area contributed by atoms with Crippen molar-refractivity contribution >= 4 is 32.5 Å². The normalized spacial score (nSPS) is 20.1. The minimum absolute atomic E-state index is 0.206. The number of hydrogen-bond donors (Lipinski definition) is 0. The SMILES string of the molecule is Cc1ccc(S(=O)(=O)N2C[C@@H]3Cc4c(n(Cc5ccc(Cl)nc5)c5ccc(F)cc45)[C@@H]2C3)cc1. The van der Waals surface area contributed by atoms with E-state index in [4.69, 9.17) is 11.6 Å². The summed E-state index contributed by atoms with van der Waals surface area (Å²) in [6.45, 7) is 2.91. The summed E-state index contributed by atoms with van der Waals surface area (Å²) >= 11 is 5.98.